The molecule has 41 heavy (non-hydrogen) atoms. The van der Waals surface area contributed by atoms with Crippen molar-refractivity contribution in [2.75, 3.05) is 0 Å². The molecule has 0 N–H and O–H groups in total. The number of hydrogen-bond acceptors (Lipinski definition) is 5. The van der Waals surface area contributed by atoms with Crippen LogP contribution < -0.4 is 4.74 Å². The van der Waals surface area contributed by atoms with Crippen molar-refractivity contribution in [3.05, 3.63) is 113 Å². The Bertz CT molecular complexity index is 1570. The van der Waals surface area contributed by atoms with Gasteiger partial charge in [0.15, 0.2) is 0 Å². The molecule has 0 heterocycles. The van der Waals surface area contributed by atoms with Crippen LogP contribution in [0.4, 0.5) is 37.7 Å². The Balaban J connectivity index is 1.89. The maximum Gasteiger partial charge on any atom is 0.416 e. The lowest BCUT2D eigenvalue weighted by Gasteiger charge is -2.17. The summed E-state index contributed by atoms with van der Waals surface area (Å²) >= 11 is 6.14. The molecule has 0 spiro atoms. The Morgan fingerprint density at radius 3 is 1.22 bits per heavy atom. The van der Waals surface area contributed by atoms with Gasteiger partial charge in [0.05, 0.1) is 21.0 Å². The van der Waals surface area contributed by atoms with Gasteiger partial charge in [-0.3, -0.25) is 20.2 Å². The van der Waals surface area contributed by atoms with Crippen molar-refractivity contribution in [3.8, 4) is 33.8 Å². The molecule has 4 aromatic carbocycles. The van der Waals surface area contributed by atoms with Gasteiger partial charge < -0.3 is 4.74 Å². The number of nitro benzene ring substituents is 2. The molecule has 0 aliphatic carbocycles. The van der Waals surface area contributed by atoms with Gasteiger partial charge in [-0.25, -0.2) is 0 Å². The van der Waals surface area contributed by atoms with Crippen molar-refractivity contribution in [1.29, 1.82) is 0 Å². The summed E-state index contributed by atoms with van der Waals surface area (Å²) in [5, 5.41) is 22.9. The lowest BCUT2D eigenvalue weighted by Crippen LogP contribution is -2.05. The van der Waals surface area contributed by atoms with E-state index in [9.17, 15) is 46.6 Å². The van der Waals surface area contributed by atoms with Crippen LogP contribution in [0.25, 0.3) is 22.3 Å². The maximum atomic E-state index is 13.2. The number of nitro groups is 2. The van der Waals surface area contributed by atoms with E-state index < -0.39 is 44.7 Å². The zero-order valence-electron chi connectivity index (χ0n) is 19.9. The highest BCUT2D eigenvalue weighted by atomic mass is 79.9. The normalized spacial score (nSPS) is 11.8. The number of nitrogens with zero attached hydrogens (tertiary/aromatic N) is 2. The first kappa shape index (κ1) is 30.0. The summed E-state index contributed by atoms with van der Waals surface area (Å²) < 4.78 is 85.1. The van der Waals surface area contributed by atoms with Crippen molar-refractivity contribution in [2.24, 2.45) is 0 Å². The first-order valence-electron chi connectivity index (χ1n) is 11.0. The molecule has 4 rings (SSSR count). The second-order valence-corrected chi connectivity index (χ2v) is 10.1. The Morgan fingerprint density at radius 1 is 0.561 bits per heavy atom. The number of ether oxygens (including phenoxy) is 1. The van der Waals surface area contributed by atoms with E-state index in [4.69, 9.17) is 4.74 Å². The van der Waals surface area contributed by atoms with E-state index in [1.807, 2.05) is 0 Å². The Morgan fingerprint density at radius 2 is 0.927 bits per heavy atom. The number of alkyl halides is 6. The van der Waals surface area contributed by atoms with Gasteiger partial charge in [0, 0.05) is 44.3 Å². The summed E-state index contributed by atoms with van der Waals surface area (Å²) in [6.07, 6.45) is -9.32. The minimum absolute atomic E-state index is 0.00409. The molecule has 212 valence electrons. The second kappa shape index (κ2) is 11.1. The van der Waals surface area contributed by atoms with Crippen LogP contribution in [-0.4, -0.2) is 9.85 Å². The smallest absolute Gasteiger partial charge is 0.416 e. The van der Waals surface area contributed by atoms with E-state index in [1.54, 1.807) is 0 Å². The molecular weight excluding hydrogens is 694 g/mol. The van der Waals surface area contributed by atoms with Crippen LogP contribution in [0.3, 0.4) is 0 Å². The van der Waals surface area contributed by atoms with Gasteiger partial charge in [0.1, 0.15) is 11.5 Å². The predicted molar refractivity (Wildman–Crippen MR) is 143 cm³/mol. The SMILES string of the molecule is O=[N+]([O-])c1ccc(Oc2ccc([N+](=O)[O-])cc2-c2ccc(C(F)(F)F)cc2Br)c(-c2ccc(C(F)(F)F)cc2Br)c1. The monoisotopic (exact) mass is 704 g/mol. The Kier molecular flexibility index (Phi) is 8.14. The van der Waals surface area contributed by atoms with Crippen LogP contribution in [-0.2, 0) is 12.4 Å². The number of rotatable bonds is 6. The van der Waals surface area contributed by atoms with Crippen molar-refractivity contribution in [3.63, 3.8) is 0 Å². The topological polar surface area (TPSA) is 95.5 Å². The zero-order valence-corrected chi connectivity index (χ0v) is 23.1. The molecule has 0 atom stereocenters. The average Bonchev–Trinajstić information content (AvgIpc) is 2.88. The number of hydrogen-bond donors (Lipinski definition) is 0. The summed E-state index contributed by atoms with van der Waals surface area (Å²) in [6.45, 7) is 0. The number of halogens is 8. The summed E-state index contributed by atoms with van der Waals surface area (Å²) in [5.41, 5.74) is -2.60. The molecule has 0 radical (unpaired) electrons. The van der Waals surface area contributed by atoms with Crippen LogP contribution in [0.15, 0.2) is 81.7 Å². The summed E-state index contributed by atoms with van der Waals surface area (Å²) in [6, 6.07) is 12.0. The summed E-state index contributed by atoms with van der Waals surface area (Å²) in [5.74, 6) is -0.177. The molecule has 0 fully saturated rings. The van der Waals surface area contributed by atoms with Crippen LogP contribution in [0.1, 0.15) is 11.1 Å². The third kappa shape index (κ3) is 6.51. The molecule has 0 saturated carbocycles. The van der Waals surface area contributed by atoms with E-state index >= 15 is 0 Å². The molecule has 0 saturated heterocycles. The van der Waals surface area contributed by atoms with E-state index in [0.29, 0.717) is 0 Å². The Labute approximate surface area is 242 Å². The van der Waals surface area contributed by atoms with Gasteiger partial charge in [-0.1, -0.05) is 44.0 Å². The van der Waals surface area contributed by atoms with Gasteiger partial charge in [-0.15, -0.1) is 0 Å². The largest absolute Gasteiger partial charge is 0.456 e. The lowest BCUT2D eigenvalue weighted by molar-refractivity contribution is -0.385. The molecule has 0 bridgehead atoms. The van der Waals surface area contributed by atoms with Crippen LogP contribution in [0.2, 0.25) is 0 Å². The molecule has 0 aliphatic rings. The molecular formula is C26H12Br2F6N2O5. The van der Waals surface area contributed by atoms with Gasteiger partial charge in [-0.05, 0) is 47.5 Å². The molecule has 15 heteroatoms. The lowest BCUT2D eigenvalue weighted by atomic mass is 10.0. The first-order valence-corrected chi connectivity index (χ1v) is 12.6. The van der Waals surface area contributed by atoms with Crippen LogP contribution in [0.5, 0.6) is 11.5 Å². The van der Waals surface area contributed by atoms with Crippen molar-refractivity contribution in [1.82, 2.24) is 0 Å². The van der Waals surface area contributed by atoms with Crippen LogP contribution >= 0.6 is 31.9 Å². The fourth-order valence-electron chi connectivity index (χ4n) is 3.80. The summed E-state index contributed by atoms with van der Waals surface area (Å²) in [7, 11) is 0. The third-order valence-corrected chi connectivity index (χ3v) is 7.05. The highest BCUT2D eigenvalue weighted by Gasteiger charge is 2.32. The second-order valence-electron chi connectivity index (χ2n) is 8.36. The van der Waals surface area contributed by atoms with Crippen LogP contribution in [0, 0.1) is 20.2 Å². The van der Waals surface area contributed by atoms with E-state index in [0.717, 1.165) is 60.7 Å². The quantitative estimate of drug-likeness (QED) is 0.113. The molecule has 4 aromatic rings. The minimum atomic E-state index is -4.66. The average molecular weight is 706 g/mol. The minimum Gasteiger partial charge on any atom is -0.456 e. The highest BCUT2D eigenvalue weighted by molar-refractivity contribution is 9.11. The molecule has 7 nitrogen and oxygen atoms in total. The van der Waals surface area contributed by atoms with Crippen molar-refractivity contribution >= 4 is 43.2 Å². The Hall–Kier alpha value is -3.98. The molecule has 0 unspecified atom stereocenters. The van der Waals surface area contributed by atoms with Gasteiger partial charge in [-0.2, -0.15) is 26.3 Å². The van der Waals surface area contributed by atoms with E-state index in [-0.39, 0.29) is 42.7 Å². The first-order chi connectivity index (χ1) is 19.1. The molecule has 0 amide bonds. The highest BCUT2D eigenvalue weighted by Crippen LogP contribution is 2.45. The zero-order chi connectivity index (χ0) is 30.3. The number of benzene rings is 4. The number of non-ortho nitro benzene ring substituents is 2. The van der Waals surface area contributed by atoms with E-state index in [1.165, 1.54) is 12.1 Å². The van der Waals surface area contributed by atoms with Gasteiger partial charge in [0.25, 0.3) is 11.4 Å². The molecule has 0 aromatic heterocycles. The van der Waals surface area contributed by atoms with E-state index in [2.05, 4.69) is 31.9 Å². The molecule has 0 aliphatic heterocycles. The third-order valence-electron chi connectivity index (χ3n) is 5.74. The fourth-order valence-corrected chi connectivity index (χ4v) is 4.98. The fraction of sp³-hybridized carbons (Fsp3) is 0.0769. The van der Waals surface area contributed by atoms with Crippen molar-refractivity contribution < 1.29 is 40.9 Å². The predicted octanol–water partition coefficient (Wildman–Crippen LogP) is 10.2. The van der Waals surface area contributed by atoms with Gasteiger partial charge in [0.2, 0.25) is 0 Å². The standard InChI is InChI=1S/C26H12Br2F6N2O5/c27-21-9-13(25(29,30)31)1-5-17(21)19-11-15(35(37)38)3-7-23(19)41-24-8-4-16(36(39)40)12-20(24)18-6-2-14(10-22(18)28)26(32,33)34/h1-12H. The van der Waals surface area contributed by atoms with Crippen molar-refractivity contribution in [2.45, 2.75) is 12.4 Å². The summed E-state index contributed by atoms with van der Waals surface area (Å²) in [4.78, 5) is 21.5. The maximum absolute atomic E-state index is 13.2. The van der Waals surface area contributed by atoms with Gasteiger partial charge >= 0.3 is 12.4 Å².